The minimum atomic E-state index is -4.52. The van der Waals surface area contributed by atoms with Gasteiger partial charge in [-0.1, -0.05) is 29.5 Å². The van der Waals surface area contributed by atoms with Crippen molar-refractivity contribution in [3.63, 3.8) is 0 Å². The van der Waals surface area contributed by atoms with Crippen molar-refractivity contribution >= 4 is 44.2 Å². The molecule has 0 unspecified atom stereocenters. The van der Waals surface area contributed by atoms with Crippen molar-refractivity contribution in [2.24, 2.45) is 5.92 Å². The smallest absolute Gasteiger partial charge is 0.348 e. The monoisotopic (exact) mass is 462 g/mol. The first-order valence-corrected chi connectivity index (χ1v) is 11.0. The SMILES string of the molecule is O=C(NCC1CCN(c2nc3ccccc3s2)CC1)C(=O)Nc1cccc(C(F)(F)F)c1. The Hall–Kier alpha value is -3.14. The van der Waals surface area contributed by atoms with Crippen LogP contribution in [0, 0.1) is 5.92 Å². The zero-order valence-electron chi connectivity index (χ0n) is 17.0. The van der Waals surface area contributed by atoms with Crippen LogP contribution in [0.2, 0.25) is 0 Å². The van der Waals surface area contributed by atoms with Crippen LogP contribution in [-0.4, -0.2) is 36.4 Å². The van der Waals surface area contributed by atoms with Crippen LogP contribution in [0.4, 0.5) is 24.0 Å². The Morgan fingerprint density at radius 3 is 2.53 bits per heavy atom. The fraction of sp³-hybridized carbons (Fsp3) is 0.318. The van der Waals surface area contributed by atoms with Gasteiger partial charge in [0.1, 0.15) is 0 Å². The predicted molar refractivity (Wildman–Crippen MR) is 118 cm³/mol. The lowest BCUT2D eigenvalue weighted by atomic mass is 9.97. The number of amides is 2. The van der Waals surface area contributed by atoms with Crippen LogP contribution in [0.3, 0.4) is 0 Å². The number of nitrogens with one attached hydrogen (secondary N) is 2. The molecule has 2 heterocycles. The Morgan fingerprint density at radius 2 is 1.81 bits per heavy atom. The number of fused-ring (bicyclic) bond motifs is 1. The molecule has 0 atom stereocenters. The molecule has 3 aromatic rings. The Labute approximate surface area is 186 Å². The summed E-state index contributed by atoms with van der Waals surface area (Å²) < 4.78 is 39.5. The van der Waals surface area contributed by atoms with Crippen molar-refractivity contribution < 1.29 is 22.8 Å². The van der Waals surface area contributed by atoms with Gasteiger partial charge in [-0.25, -0.2) is 4.98 Å². The lowest BCUT2D eigenvalue weighted by Gasteiger charge is -2.31. The molecule has 1 aromatic heterocycles. The maximum Gasteiger partial charge on any atom is 0.416 e. The van der Waals surface area contributed by atoms with Crippen LogP contribution in [0.5, 0.6) is 0 Å². The summed E-state index contributed by atoms with van der Waals surface area (Å²) in [6.07, 6.45) is -2.85. The van der Waals surface area contributed by atoms with E-state index < -0.39 is 23.6 Å². The number of hydrogen-bond acceptors (Lipinski definition) is 5. The predicted octanol–water partition coefficient (Wildman–Crippen LogP) is 4.29. The third-order valence-electron chi connectivity index (χ3n) is 5.37. The average Bonchev–Trinajstić information content (AvgIpc) is 3.22. The zero-order valence-corrected chi connectivity index (χ0v) is 17.8. The number of thiazole rings is 1. The number of carbonyl (C=O) groups is 2. The third-order valence-corrected chi connectivity index (χ3v) is 6.47. The molecule has 10 heteroatoms. The van der Waals surface area contributed by atoms with Gasteiger partial charge in [0.15, 0.2) is 5.13 Å². The van der Waals surface area contributed by atoms with E-state index in [2.05, 4.69) is 20.5 Å². The van der Waals surface area contributed by atoms with Crippen molar-refractivity contribution in [2.75, 3.05) is 29.9 Å². The van der Waals surface area contributed by atoms with Gasteiger partial charge in [-0.3, -0.25) is 9.59 Å². The molecule has 1 fully saturated rings. The standard InChI is InChI=1S/C22H21F3N4O2S/c23-22(24,25)15-4-3-5-16(12-15)27-20(31)19(30)26-13-14-8-10-29(11-9-14)21-28-17-6-1-2-7-18(17)32-21/h1-7,12,14H,8-11,13H2,(H,26,30)(H,27,31). The first kappa shape index (κ1) is 22.1. The summed E-state index contributed by atoms with van der Waals surface area (Å²) in [6, 6.07) is 12.2. The number of halogens is 3. The summed E-state index contributed by atoms with van der Waals surface area (Å²) >= 11 is 1.65. The highest BCUT2D eigenvalue weighted by Crippen LogP contribution is 2.32. The number of piperidine rings is 1. The largest absolute Gasteiger partial charge is 0.416 e. The van der Waals surface area contributed by atoms with Gasteiger partial charge in [0.25, 0.3) is 0 Å². The van der Waals surface area contributed by atoms with Crippen molar-refractivity contribution in [3.05, 3.63) is 54.1 Å². The van der Waals surface area contributed by atoms with E-state index in [0.717, 1.165) is 53.4 Å². The maximum absolute atomic E-state index is 12.8. The van der Waals surface area contributed by atoms with Gasteiger partial charge in [-0.15, -0.1) is 0 Å². The molecule has 4 rings (SSSR count). The van der Waals surface area contributed by atoms with Crippen LogP contribution in [0.25, 0.3) is 10.2 Å². The van der Waals surface area contributed by atoms with Gasteiger partial charge >= 0.3 is 18.0 Å². The molecular formula is C22H21F3N4O2S. The number of anilines is 2. The molecule has 1 aliphatic rings. The van der Waals surface area contributed by atoms with E-state index in [4.69, 9.17) is 0 Å². The first-order valence-electron chi connectivity index (χ1n) is 10.2. The third kappa shape index (κ3) is 5.18. The number of carbonyl (C=O) groups excluding carboxylic acids is 2. The number of aromatic nitrogens is 1. The van der Waals surface area contributed by atoms with Gasteiger partial charge in [-0.05, 0) is 49.1 Å². The highest BCUT2D eigenvalue weighted by atomic mass is 32.1. The molecule has 1 aliphatic heterocycles. The van der Waals surface area contributed by atoms with E-state index in [9.17, 15) is 22.8 Å². The second kappa shape index (κ2) is 9.15. The molecular weight excluding hydrogens is 441 g/mol. The molecule has 0 radical (unpaired) electrons. The number of para-hydroxylation sites is 1. The second-order valence-corrected chi connectivity index (χ2v) is 8.65. The Morgan fingerprint density at radius 1 is 1.06 bits per heavy atom. The van der Waals surface area contributed by atoms with Crippen LogP contribution >= 0.6 is 11.3 Å². The number of benzene rings is 2. The maximum atomic E-state index is 12.8. The molecule has 32 heavy (non-hydrogen) atoms. The molecule has 2 N–H and O–H groups in total. The van der Waals surface area contributed by atoms with Crippen LogP contribution in [0.1, 0.15) is 18.4 Å². The van der Waals surface area contributed by atoms with E-state index in [1.54, 1.807) is 11.3 Å². The number of nitrogens with zero attached hydrogens (tertiary/aromatic N) is 2. The number of alkyl halides is 3. The van der Waals surface area contributed by atoms with Crippen LogP contribution in [-0.2, 0) is 15.8 Å². The molecule has 168 valence electrons. The van der Waals surface area contributed by atoms with E-state index >= 15 is 0 Å². The van der Waals surface area contributed by atoms with E-state index in [1.807, 2.05) is 24.3 Å². The van der Waals surface area contributed by atoms with Crippen molar-refractivity contribution in [3.8, 4) is 0 Å². The van der Waals surface area contributed by atoms with Crippen LogP contribution < -0.4 is 15.5 Å². The van der Waals surface area contributed by atoms with Gasteiger partial charge in [0, 0.05) is 25.3 Å². The second-order valence-electron chi connectivity index (χ2n) is 7.64. The van der Waals surface area contributed by atoms with Crippen LogP contribution in [0.15, 0.2) is 48.5 Å². The fourth-order valence-corrected chi connectivity index (χ4v) is 4.62. The normalized spacial score (nSPS) is 15.0. The molecule has 6 nitrogen and oxygen atoms in total. The fourth-order valence-electron chi connectivity index (χ4n) is 3.60. The number of rotatable bonds is 4. The Bertz CT molecular complexity index is 1090. The summed E-state index contributed by atoms with van der Waals surface area (Å²) in [7, 11) is 0. The summed E-state index contributed by atoms with van der Waals surface area (Å²) in [5, 5.41) is 5.79. The van der Waals surface area contributed by atoms with Crippen molar-refractivity contribution in [2.45, 2.75) is 19.0 Å². The summed E-state index contributed by atoms with van der Waals surface area (Å²) in [5.41, 5.74) is 0.00776. The lowest BCUT2D eigenvalue weighted by Crippen LogP contribution is -2.41. The Kier molecular flexibility index (Phi) is 6.31. The minimum absolute atomic E-state index is 0.0795. The summed E-state index contributed by atoms with van der Waals surface area (Å²) in [6.45, 7) is 1.94. The minimum Gasteiger partial charge on any atom is -0.348 e. The summed E-state index contributed by atoms with van der Waals surface area (Å²) in [4.78, 5) is 31.0. The molecule has 1 saturated heterocycles. The van der Waals surface area contributed by atoms with E-state index in [1.165, 1.54) is 12.1 Å². The van der Waals surface area contributed by atoms with E-state index in [-0.39, 0.29) is 11.6 Å². The van der Waals surface area contributed by atoms with Gasteiger partial charge < -0.3 is 15.5 Å². The van der Waals surface area contributed by atoms with E-state index in [0.29, 0.717) is 6.54 Å². The highest BCUT2D eigenvalue weighted by molar-refractivity contribution is 7.22. The van der Waals surface area contributed by atoms with Crippen molar-refractivity contribution in [1.29, 1.82) is 0 Å². The molecule has 0 bridgehead atoms. The van der Waals surface area contributed by atoms with Gasteiger partial charge in [0.2, 0.25) is 0 Å². The Balaban J connectivity index is 1.24. The van der Waals surface area contributed by atoms with Gasteiger partial charge in [0.05, 0.1) is 15.8 Å². The molecule has 0 saturated carbocycles. The summed E-state index contributed by atoms with van der Waals surface area (Å²) in [5.74, 6) is -1.64. The average molecular weight is 462 g/mol. The number of hydrogen-bond donors (Lipinski definition) is 2. The van der Waals surface area contributed by atoms with Crippen molar-refractivity contribution in [1.82, 2.24) is 10.3 Å². The molecule has 2 aromatic carbocycles. The molecule has 0 aliphatic carbocycles. The molecule has 2 amide bonds. The zero-order chi connectivity index (χ0) is 22.7. The highest BCUT2D eigenvalue weighted by Gasteiger charge is 2.30. The topological polar surface area (TPSA) is 74.3 Å². The van der Waals surface area contributed by atoms with Gasteiger partial charge in [-0.2, -0.15) is 13.2 Å². The first-order chi connectivity index (χ1) is 15.3. The lowest BCUT2D eigenvalue weighted by molar-refractivity contribution is -0.137. The quantitative estimate of drug-likeness (QED) is 0.568. The molecule has 0 spiro atoms.